The van der Waals surface area contributed by atoms with Crippen LogP contribution in [0.15, 0.2) is 24.3 Å². The number of aromatic nitrogens is 2. The van der Waals surface area contributed by atoms with Crippen molar-refractivity contribution in [1.82, 2.24) is 9.97 Å². The average molecular weight is 279 g/mol. The Morgan fingerprint density at radius 2 is 1.95 bits per heavy atom. The molecule has 5 heteroatoms. The lowest BCUT2D eigenvalue weighted by Gasteiger charge is -2.11. The van der Waals surface area contributed by atoms with Gasteiger partial charge in [-0.05, 0) is 37.6 Å². The van der Waals surface area contributed by atoms with E-state index in [0.717, 1.165) is 22.6 Å². The highest BCUT2D eigenvalue weighted by molar-refractivity contribution is 6.31. The van der Waals surface area contributed by atoms with Crippen molar-refractivity contribution in [3.8, 4) is 17.1 Å². The number of halogens is 1. The van der Waals surface area contributed by atoms with Crippen LogP contribution in [0.3, 0.4) is 0 Å². The van der Waals surface area contributed by atoms with E-state index < -0.39 is 0 Å². The van der Waals surface area contributed by atoms with Gasteiger partial charge in [-0.3, -0.25) is 4.98 Å². The summed E-state index contributed by atoms with van der Waals surface area (Å²) in [6.45, 7) is 4.00. The monoisotopic (exact) mass is 278 g/mol. The van der Waals surface area contributed by atoms with Crippen LogP contribution in [0.5, 0.6) is 5.75 Å². The second-order valence-corrected chi connectivity index (χ2v) is 4.52. The van der Waals surface area contributed by atoms with E-state index in [0.29, 0.717) is 10.9 Å². The van der Waals surface area contributed by atoms with Crippen molar-refractivity contribution in [2.24, 2.45) is 0 Å². The average Bonchev–Trinajstić information content (AvgIpc) is 2.37. The Kier molecular flexibility index (Phi) is 4.35. The number of hydrogen-bond acceptors (Lipinski definition) is 4. The molecule has 0 amide bonds. The van der Waals surface area contributed by atoms with E-state index in [-0.39, 0.29) is 6.79 Å². The van der Waals surface area contributed by atoms with Gasteiger partial charge in [0.15, 0.2) is 17.7 Å². The summed E-state index contributed by atoms with van der Waals surface area (Å²) in [7, 11) is 1.56. The molecule has 0 radical (unpaired) electrons. The van der Waals surface area contributed by atoms with Gasteiger partial charge in [-0.1, -0.05) is 17.7 Å². The molecule has 100 valence electrons. The minimum absolute atomic E-state index is 0.143. The molecule has 0 aromatic carbocycles. The van der Waals surface area contributed by atoms with Gasteiger partial charge in [-0.2, -0.15) is 0 Å². The molecule has 0 aliphatic carbocycles. The molecule has 2 aromatic rings. The van der Waals surface area contributed by atoms with Gasteiger partial charge in [0.25, 0.3) is 0 Å². The van der Waals surface area contributed by atoms with Gasteiger partial charge in [-0.15, -0.1) is 0 Å². The first kappa shape index (κ1) is 13.8. The second-order valence-electron chi connectivity index (χ2n) is 4.16. The van der Waals surface area contributed by atoms with Gasteiger partial charge in [0.1, 0.15) is 0 Å². The first-order chi connectivity index (χ1) is 9.11. The molecule has 2 heterocycles. The minimum Gasteiger partial charge on any atom is -0.464 e. The van der Waals surface area contributed by atoms with E-state index in [9.17, 15) is 0 Å². The largest absolute Gasteiger partial charge is 0.464 e. The Morgan fingerprint density at radius 1 is 1.16 bits per heavy atom. The predicted molar refractivity (Wildman–Crippen MR) is 74.5 cm³/mol. The van der Waals surface area contributed by atoms with Crippen LogP contribution in [-0.2, 0) is 4.74 Å². The van der Waals surface area contributed by atoms with Crippen LogP contribution >= 0.6 is 11.6 Å². The third-order valence-electron chi connectivity index (χ3n) is 2.59. The van der Waals surface area contributed by atoms with Crippen molar-refractivity contribution in [3.05, 3.63) is 40.7 Å². The first-order valence-electron chi connectivity index (χ1n) is 5.84. The van der Waals surface area contributed by atoms with Gasteiger partial charge in [0.05, 0.1) is 11.4 Å². The fraction of sp³-hybridized carbons (Fsp3) is 0.286. The molecular formula is C14H15ClN2O2. The van der Waals surface area contributed by atoms with Crippen LogP contribution in [-0.4, -0.2) is 23.9 Å². The number of hydrogen-bond donors (Lipinski definition) is 0. The Hall–Kier alpha value is -1.65. The zero-order valence-corrected chi connectivity index (χ0v) is 11.9. The van der Waals surface area contributed by atoms with Crippen LogP contribution in [0, 0.1) is 13.8 Å². The number of pyridine rings is 2. The summed E-state index contributed by atoms with van der Waals surface area (Å²) in [5.41, 5.74) is 3.36. The van der Waals surface area contributed by atoms with Crippen molar-refractivity contribution in [2.45, 2.75) is 13.8 Å². The lowest BCUT2D eigenvalue weighted by atomic mass is 10.2. The highest BCUT2D eigenvalue weighted by Crippen LogP contribution is 2.30. The zero-order chi connectivity index (χ0) is 13.8. The lowest BCUT2D eigenvalue weighted by molar-refractivity contribution is 0.0504. The van der Waals surface area contributed by atoms with Gasteiger partial charge in [0, 0.05) is 12.8 Å². The quantitative estimate of drug-likeness (QED) is 0.635. The molecule has 0 spiro atoms. The number of ether oxygens (including phenoxy) is 2. The third-order valence-corrected chi connectivity index (χ3v) is 2.85. The summed E-state index contributed by atoms with van der Waals surface area (Å²) < 4.78 is 10.3. The first-order valence-corrected chi connectivity index (χ1v) is 6.22. The minimum atomic E-state index is 0.143. The summed E-state index contributed by atoms with van der Waals surface area (Å²) in [4.78, 5) is 8.75. The smallest absolute Gasteiger partial charge is 0.188 e. The van der Waals surface area contributed by atoms with E-state index >= 15 is 0 Å². The molecule has 0 saturated carbocycles. The fourth-order valence-corrected chi connectivity index (χ4v) is 2.02. The van der Waals surface area contributed by atoms with E-state index in [1.54, 1.807) is 7.11 Å². The maximum atomic E-state index is 6.14. The van der Waals surface area contributed by atoms with Crippen LogP contribution in [0.2, 0.25) is 5.15 Å². The molecule has 2 aromatic heterocycles. The second kappa shape index (κ2) is 5.99. The standard InChI is InChI=1S/C14H15ClN2O2/c1-9-7-12(11-6-4-5-10(2)16-11)17-14(15)13(9)19-8-18-3/h4-7H,8H2,1-3H3. The van der Waals surface area contributed by atoms with Gasteiger partial charge < -0.3 is 9.47 Å². The SMILES string of the molecule is COCOc1c(C)cc(-c2cccc(C)n2)nc1Cl. The van der Waals surface area contributed by atoms with Crippen LogP contribution in [0.1, 0.15) is 11.3 Å². The molecule has 19 heavy (non-hydrogen) atoms. The van der Waals surface area contributed by atoms with Gasteiger partial charge in [-0.25, -0.2) is 4.98 Å². The van der Waals surface area contributed by atoms with E-state index in [1.807, 2.05) is 38.1 Å². The van der Waals surface area contributed by atoms with E-state index in [2.05, 4.69) is 9.97 Å². The van der Waals surface area contributed by atoms with E-state index in [4.69, 9.17) is 21.1 Å². The number of aryl methyl sites for hydroxylation is 2. The Balaban J connectivity index is 2.39. The summed E-state index contributed by atoms with van der Waals surface area (Å²) in [6.07, 6.45) is 0. The maximum Gasteiger partial charge on any atom is 0.188 e. The summed E-state index contributed by atoms with van der Waals surface area (Å²) in [5, 5.41) is 0.315. The molecule has 0 aliphatic heterocycles. The molecule has 0 fully saturated rings. The maximum absolute atomic E-state index is 6.14. The highest BCUT2D eigenvalue weighted by atomic mass is 35.5. The topological polar surface area (TPSA) is 44.2 Å². The fourth-order valence-electron chi connectivity index (χ4n) is 1.73. The third kappa shape index (κ3) is 3.22. The number of methoxy groups -OCH3 is 1. The van der Waals surface area contributed by atoms with Crippen molar-refractivity contribution < 1.29 is 9.47 Å². The normalized spacial score (nSPS) is 10.5. The van der Waals surface area contributed by atoms with Crippen LogP contribution < -0.4 is 4.74 Å². The molecule has 2 rings (SSSR count). The van der Waals surface area contributed by atoms with Crippen molar-refractivity contribution in [3.63, 3.8) is 0 Å². The van der Waals surface area contributed by atoms with Crippen molar-refractivity contribution in [2.75, 3.05) is 13.9 Å². The molecule has 0 N–H and O–H groups in total. The molecule has 0 saturated heterocycles. The number of nitrogens with zero attached hydrogens (tertiary/aromatic N) is 2. The van der Waals surface area contributed by atoms with E-state index in [1.165, 1.54) is 0 Å². The summed E-state index contributed by atoms with van der Waals surface area (Å²) in [5.74, 6) is 0.542. The van der Waals surface area contributed by atoms with Gasteiger partial charge >= 0.3 is 0 Å². The summed E-state index contributed by atoms with van der Waals surface area (Å²) >= 11 is 6.14. The van der Waals surface area contributed by atoms with Crippen molar-refractivity contribution in [1.29, 1.82) is 0 Å². The summed E-state index contributed by atoms with van der Waals surface area (Å²) in [6, 6.07) is 7.69. The van der Waals surface area contributed by atoms with Crippen LogP contribution in [0.25, 0.3) is 11.4 Å². The Morgan fingerprint density at radius 3 is 2.58 bits per heavy atom. The molecule has 0 aliphatic rings. The lowest BCUT2D eigenvalue weighted by Crippen LogP contribution is -2.02. The molecule has 4 nitrogen and oxygen atoms in total. The predicted octanol–water partition coefficient (Wildman–Crippen LogP) is 3.40. The molecule has 0 unspecified atom stereocenters. The molecule has 0 bridgehead atoms. The van der Waals surface area contributed by atoms with Crippen molar-refractivity contribution >= 4 is 11.6 Å². The highest BCUT2D eigenvalue weighted by Gasteiger charge is 2.11. The Bertz CT molecular complexity index is 564. The van der Waals surface area contributed by atoms with Gasteiger partial charge in [0.2, 0.25) is 0 Å². The molecular weight excluding hydrogens is 264 g/mol. The number of rotatable bonds is 4. The van der Waals surface area contributed by atoms with Crippen LogP contribution in [0.4, 0.5) is 0 Å². The zero-order valence-electron chi connectivity index (χ0n) is 11.1. The Labute approximate surface area is 117 Å². The molecule has 0 atom stereocenters.